The van der Waals surface area contributed by atoms with Gasteiger partial charge in [-0.3, -0.25) is 14.6 Å². The van der Waals surface area contributed by atoms with Crippen LogP contribution in [0.2, 0.25) is 0 Å². The van der Waals surface area contributed by atoms with Gasteiger partial charge in [-0.1, -0.05) is 18.7 Å². The molecule has 0 bridgehead atoms. The van der Waals surface area contributed by atoms with E-state index >= 15 is 0 Å². The van der Waals surface area contributed by atoms with Crippen LogP contribution in [0.3, 0.4) is 0 Å². The molecule has 2 aromatic heterocycles. The Balaban J connectivity index is 1.28. The number of H-pyrrole nitrogens is 2. The summed E-state index contributed by atoms with van der Waals surface area (Å²) in [5, 5.41) is 4.46. The second kappa shape index (κ2) is 9.14. The van der Waals surface area contributed by atoms with Crippen LogP contribution in [0.25, 0.3) is 5.57 Å². The summed E-state index contributed by atoms with van der Waals surface area (Å²) < 4.78 is 28.5. The summed E-state index contributed by atoms with van der Waals surface area (Å²) in [6.45, 7) is 5.42. The Bertz CT molecular complexity index is 1460. The van der Waals surface area contributed by atoms with E-state index in [4.69, 9.17) is 0 Å². The lowest BCUT2D eigenvalue weighted by atomic mass is 10.0. The zero-order valence-corrected chi connectivity index (χ0v) is 19.4. The number of carbonyl (C=O) groups is 1. The maximum absolute atomic E-state index is 13.5. The second-order valence-corrected chi connectivity index (χ2v) is 9.10. The molecule has 186 valence electrons. The zero-order valence-electron chi connectivity index (χ0n) is 19.4. The number of benzene rings is 1. The monoisotopic (exact) mass is 494 g/mol. The molecule has 3 heterocycles. The molecule has 2 N–H and O–H groups in total. The highest BCUT2D eigenvalue weighted by Gasteiger charge is 2.42. The lowest BCUT2D eigenvalue weighted by molar-refractivity contribution is 0.0779. The van der Waals surface area contributed by atoms with E-state index < -0.39 is 23.6 Å². The van der Waals surface area contributed by atoms with E-state index in [1.165, 1.54) is 11.1 Å². The Morgan fingerprint density at radius 2 is 1.86 bits per heavy atom. The predicted molar refractivity (Wildman–Crippen MR) is 130 cm³/mol. The van der Waals surface area contributed by atoms with Crippen LogP contribution in [-0.2, 0) is 0 Å². The summed E-state index contributed by atoms with van der Waals surface area (Å²) in [7, 11) is 0. The molecule has 1 saturated carbocycles. The molecule has 2 aliphatic rings. The van der Waals surface area contributed by atoms with Gasteiger partial charge in [0, 0.05) is 24.2 Å². The number of nitrogens with one attached hydrogen (secondary N) is 2. The molecule has 11 heteroatoms. The van der Waals surface area contributed by atoms with E-state index in [0.717, 1.165) is 17.6 Å². The van der Waals surface area contributed by atoms with Gasteiger partial charge in [0.25, 0.3) is 11.5 Å². The first-order valence-electron chi connectivity index (χ1n) is 11.5. The number of imidazole rings is 1. The fraction of sp³-hybridized carbons (Fsp3) is 0.320. The van der Waals surface area contributed by atoms with Crippen LogP contribution in [0, 0.1) is 5.92 Å². The molecule has 36 heavy (non-hydrogen) atoms. The van der Waals surface area contributed by atoms with Crippen molar-refractivity contribution in [3.8, 4) is 0 Å². The van der Waals surface area contributed by atoms with Crippen LogP contribution in [-0.4, -0.2) is 61.6 Å². The number of alkyl halides is 2. The lowest BCUT2D eigenvalue weighted by Crippen LogP contribution is -2.29. The first kappa shape index (κ1) is 23.6. The third kappa shape index (κ3) is 4.43. The Morgan fingerprint density at radius 3 is 2.53 bits per heavy atom. The topological polar surface area (TPSA) is 116 Å². The van der Waals surface area contributed by atoms with E-state index in [2.05, 4.69) is 26.6 Å². The molecule has 2 fully saturated rings. The predicted octanol–water partition coefficient (Wildman–Crippen LogP) is 2.48. The fourth-order valence-corrected chi connectivity index (χ4v) is 4.56. The van der Waals surface area contributed by atoms with E-state index in [1.54, 1.807) is 36.1 Å². The van der Waals surface area contributed by atoms with Gasteiger partial charge < -0.3 is 9.88 Å². The van der Waals surface area contributed by atoms with Gasteiger partial charge in [-0.2, -0.15) is 5.10 Å². The minimum atomic E-state index is -1.63. The molecule has 1 aliphatic carbocycles. The van der Waals surface area contributed by atoms with Crippen LogP contribution in [0.4, 0.5) is 8.78 Å². The largest absolute Gasteiger partial charge is 0.333 e. The molecule has 1 aromatic carbocycles. The number of hydrogen-bond donors (Lipinski definition) is 2. The molecule has 9 nitrogen and oxygen atoms in total. The van der Waals surface area contributed by atoms with Crippen molar-refractivity contribution >= 4 is 17.2 Å². The van der Waals surface area contributed by atoms with Gasteiger partial charge in [0.1, 0.15) is 0 Å². The fourth-order valence-electron chi connectivity index (χ4n) is 4.56. The number of nitrogens with zero attached hydrogens (tertiary/aromatic N) is 4. The van der Waals surface area contributed by atoms with Crippen molar-refractivity contribution in [1.82, 2.24) is 24.5 Å². The van der Waals surface area contributed by atoms with Crippen LogP contribution < -0.4 is 11.2 Å². The number of carbonyl (C=O) groups excluding carboxylic acids is 1. The minimum absolute atomic E-state index is 0.123. The molecule has 3 aromatic rings. The van der Waals surface area contributed by atoms with E-state index in [-0.39, 0.29) is 36.4 Å². The lowest BCUT2D eigenvalue weighted by Gasteiger charge is -2.15. The highest BCUT2D eigenvalue weighted by atomic mass is 19.2. The quantitative estimate of drug-likeness (QED) is 0.512. The highest BCUT2D eigenvalue weighted by Crippen LogP contribution is 2.53. The number of aromatic nitrogens is 4. The second-order valence-electron chi connectivity index (χ2n) is 9.10. The molecule has 1 saturated heterocycles. The first-order valence-corrected chi connectivity index (χ1v) is 11.5. The van der Waals surface area contributed by atoms with Crippen LogP contribution in [0.15, 0.2) is 64.1 Å². The smallest absolute Gasteiger partial charge is 0.325 e. The van der Waals surface area contributed by atoms with Gasteiger partial charge in [-0.25, -0.2) is 23.2 Å². The number of allylic oxidation sites excluding steroid dienone is 1. The van der Waals surface area contributed by atoms with Gasteiger partial charge in [0.15, 0.2) is 18.2 Å². The van der Waals surface area contributed by atoms with Crippen molar-refractivity contribution in [3.05, 3.63) is 92.8 Å². The normalized spacial score (nSPS) is 23.6. The van der Waals surface area contributed by atoms with Crippen LogP contribution >= 0.6 is 0 Å². The summed E-state index contributed by atoms with van der Waals surface area (Å²) >= 11 is 0. The SMILES string of the molecule is C=C(c1nccn1/N=C(\C)c1c[nH]c(=O)[nH]c1=O)[C@H]1C[C@@H]1c1ccc(C(=O)N2C[C@@H](F)[C@@H](F)C2)cc1. The van der Waals surface area contributed by atoms with E-state index in [9.17, 15) is 23.2 Å². The number of hydrogen-bond acceptors (Lipinski definition) is 5. The molecule has 0 radical (unpaired) electrons. The summed E-state index contributed by atoms with van der Waals surface area (Å²) in [5.41, 5.74) is 1.71. The average Bonchev–Trinajstić information content (AvgIpc) is 3.41. The molecule has 1 aliphatic heterocycles. The molecule has 5 rings (SSSR count). The molecular formula is C25H24F2N6O3. The molecule has 4 atom stereocenters. The van der Waals surface area contributed by atoms with Crippen molar-refractivity contribution < 1.29 is 13.6 Å². The zero-order chi connectivity index (χ0) is 25.6. The minimum Gasteiger partial charge on any atom is -0.333 e. The third-order valence-corrected chi connectivity index (χ3v) is 6.67. The van der Waals surface area contributed by atoms with Crippen LogP contribution in [0.5, 0.6) is 0 Å². The molecule has 1 amide bonds. The van der Waals surface area contributed by atoms with Gasteiger partial charge in [-0.05, 0) is 48.4 Å². The third-order valence-electron chi connectivity index (χ3n) is 6.67. The molecule has 0 spiro atoms. The summed E-state index contributed by atoms with van der Waals surface area (Å²) in [4.78, 5) is 46.1. The highest BCUT2D eigenvalue weighted by molar-refractivity contribution is 5.98. The average molecular weight is 495 g/mol. The standard InChI is InChI=1S/C25H24F2N6O3/c1-13(22-28-7-8-33(22)31-14(2)19-10-29-25(36)30-23(19)34)17-9-18(17)15-3-5-16(6-4-15)24(35)32-11-20(26)21(27)12-32/h3-8,10,17-18,20-21H,1,9,11-12H2,2H3,(H2,29,30,34,36)/b31-14+/t17-,18-,20-,21+/m1/s1. The Morgan fingerprint density at radius 1 is 1.17 bits per heavy atom. The van der Waals surface area contributed by atoms with Gasteiger partial charge in [0.05, 0.1) is 24.4 Å². The van der Waals surface area contributed by atoms with Gasteiger partial charge >= 0.3 is 5.69 Å². The molecular weight excluding hydrogens is 470 g/mol. The first-order chi connectivity index (χ1) is 17.2. The van der Waals surface area contributed by atoms with E-state index in [1.807, 2.05) is 12.1 Å². The molecule has 0 unspecified atom stereocenters. The Hall–Kier alpha value is -4.15. The summed E-state index contributed by atoms with van der Waals surface area (Å²) in [5.74, 6) is 0.497. The van der Waals surface area contributed by atoms with Gasteiger partial charge in [-0.15, -0.1) is 0 Å². The number of halogens is 2. The Labute approximate surface area is 204 Å². The summed E-state index contributed by atoms with van der Waals surface area (Å²) in [6.07, 6.45) is 2.14. The maximum atomic E-state index is 13.5. The van der Waals surface area contributed by atoms with Crippen molar-refractivity contribution in [2.45, 2.75) is 31.6 Å². The van der Waals surface area contributed by atoms with E-state index in [0.29, 0.717) is 17.1 Å². The number of likely N-dealkylation sites (tertiary alicyclic amines) is 1. The van der Waals surface area contributed by atoms with Crippen molar-refractivity contribution in [3.63, 3.8) is 0 Å². The number of aromatic amines is 2. The van der Waals surface area contributed by atoms with Crippen molar-refractivity contribution in [2.75, 3.05) is 13.1 Å². The van der Waals surface area contributed by atoms with Gasteiger partial charge in [0.2, 0.25) is 0 Å². The summed E-state index contributed by atoms with van der Waals surface area (Å²) in [6, 6.07) is 7.09. The van der Waals surface area contributed by atoms with Crippen LogP contribution in [0.1, 0.15) is 46.6 Å². The maximum Gasteiger partial charge on any atom is 0.325 e. The van der Waals surface area contributed by atoms with Crippen molar-refractivity contribution in [2.24, 2.45) is 11.0 Å². The number of amides is 1. The number of rotatable bonds is 6. The van der Waals surface area contributed by atoms with Crippen molar-refractivity contribution in [1.29, 1.82) is 0 Å². The Kier molecular flexibility index (Phi) is 5.99.